The first-order valence-electron chi connectivity index (χ1n) is 5.86. The van der Waals surface area contributed by atoms with E-state index in [-0.39, 0.29) is 58.2 Å². The molecule has 0 spiro atoms. The molecule has 0 heterocycles. The fourth-order valence-electron chi connectivity index (χ4n) is 1.92. The number of unbranched alkanes of at least 4 members (excludes halogenated alkanes) is 3. The average molecular weight is 370 g/mol. The minimum absolute atomic E-state index is 0. The van der Waals surface area contributed by atoms with Gasteiger partial charge >= 0.3 is 60.8 Å². The summed E-state index contributed by atoms with van der Waals surface area (Å²) in [5, 5.41) is 18.3. The normalized spacial score (nSPS) is 11.1. The van der Waals surface area contributed by atoms with Crippen LogP contribution in [0.5, 0.6) is 0 Å². The van der Waals surface area contributed by atoms with Crippen LogP contribution < -0.4 is 0 Å². The first-order valence-corrected chi connectivity index (χ1v) is 5.86. The van der Waals surface area contributed by atoms with Gasteiger partial charge in [-0.1, -0.05) is 46.5 Å². The number of aliphatic carboxylic acids is 2. The van der Waals surface area contributed by atoms with Crippen molar-refractivity contribution in [1.82, 2.24) is 0 Å². The Hall–Kier alpha value is 0.511. The van der Waals surface area contributed by atoms with Gasteiger partial charge in [0, 0.05) is 0 Å². The standard InChI is InChI=1S/C12H22O4.Ba.2H/c1-4-5-6-7-8-12(9(2)3,10(13)14)11(15)16;;;/h9H,4-8H2,1-3H3,(H,13,14)(H,15,16);;;/q;+2;2*-1. The van der Waals surface area contributed by atoms with E-state index in [1.54, 1.807) is 13.8 Å². The van der Waals surface area contributed by atoms with Crippen LogP contribution in [0.3, 0.4) is 0 Å². The van der Waals surface area contributed by atoms with Crippen molar-refractivity contribution in [3.8, 4) is 0 Å². The Bertz CT molecular complexity index is 246. The van der Waals surface area contributed by atoms with E-state index < -0.39 is 23.3 Å². The largest absolute Gasteiger partial charge is 2.00 e. The maximum Gasteiger partial charge on any atom is 2.00 e. The summed E-state index contributed by atoms with van der Waals surface area (Å²) < 4.78 is 0. The predicted octanol–water partition coefficient (Wildman–Crippen LogP) is 2.61. The molecule has 0 aliphatic rings. The number of hydrogen-bond acceptors (Lipinski definition) is 2. The molecular formula is C12H24BaO4. The Morgan fingerprint density at radius 3 is 1.88 bits per heavy atom. The van der Waals surface area contributed by atoms with Crippen LogP contribution in [0.25, 0.3) is 0 Å². The summed E-state index contributed by atoms with van der Waals surface area (Å²) in [4.78, 5) is 22.4. The molecule has 0 fully saturated rings. The molecule has 17 heavy (non-hydrogen) atoms. The number of rotatable bonds is 8. The fourth-order valence-corrected chi connectivity index (χ4v) is 1.92. The smallest absolute Gasteiger partial charge is 1.00 e. The molecule has 0 atom stereocenters. The van der Waals surface area contributed by atoms with Crippen molar-refractivity contribution >= 4 is 60.8 Å². The third kappa shape index (κ3) is 5.34. The summed E-state index contributed by atoms with van der Waals surface area (Å²) in [6, 6.07) is 0. The van der Waals surface area contributed by atoms with Gasteiger partial charge in [0.25, 0.3) is 0 Å². The first kappa shape index (κ1) is 19.8. The SMILES string of the molecule is CCCCCCC(C(=O)O)(C(=O)O)C(C)C.[Ba+2].[H-].[H-]. The van der Waals surface area contributed by atoms with Crippen LogP contribution in [0.15, 0.2) is 0 Å². The first-order chi connectivity index (χ1) is 7.39. The fraction of sp³-hybridized carbons (Fsp3) is 0.833. The van der Waals surface area contributed by atoms with Gasteiger partial charge in [0.15, 0.2) is 5.41 Å². The average Bonchev–Trinajstić information content (AvgIpc) is 2.16. The molecule has 0 aliphatic carbocycles. The zero-order chi connectivity index (χ0) is 12.8. The molecule has 0 amide bonds. The van der Waals surface area contributed by atoms with Gasteiger partial charge in [-0.05, 0) is 12.3 Å². The maximum atomic E-state index is 11.2. The molecule has 0 aromatic rings. The molecule has 0 radical (unpaired) electrons. The predicted molar refractivity (Wildman–Crippen MR) is 69.3 cm³/mol. The van der Waals surface area contributed by atoms with Crippen LogP contribution in [-0.4, -0.2) is 71.0 Å². The van der Waals surface area contributed by atoms with Crippen LogP contribution >= 0.6 is 0 Å². The van der Waals surface area contributed by atoms with E-state index in [1.165, 1.54) is 0 Å². The van der Waals surface area contributed by atoms with Gasteiger partial charge in [0.05, 0.1) is 0 Å². The summed E-state index contributed by atoms with van der Waals surface area (Å²) in [6.07, 6.45) is 3.84. The third-order valence-electron chi connectivity index (χ3n) is 3.17. The zero-order valence-electron chi connectivity index (χ0n) is 13.0. The molecule has 0 aromatic carbocycles. The van der Waals surface area contributed by atoms with Crippen LogP contribution in [-0.2, 0) is 9.59 Å². The second-order valence-electron chi connectivity index (χ2n) is 4.55. The Balaban J connectivity index is -0.000000375. The summed E-state index contributed by atoms with van der Waals surface area (Å²) in [6.45, 7) is 5.37. The van der Waals surface area contributed by atoms with Crippen molar-refractivity contribution in [2.45, 2.75) is 52.9 Å². The molecule has 0 rings (SSSR count). The molecule has 5 heteroatoms. The third-order valence-corrected chi connectivity index (χ3v) is 3.17. The van der Waals surface area contributed by atoms with Crippen LogP contribution in [0, 0.1) is 11.3 Å². The second kappa shape index (κ2) is 9.44. The van der Waals surface area contributed by atoms with Gasteiger partial charge in [-0.3, -0.25) is 9.59 Å². The van der Waals surface area contributed by atoms with Crippen molar-refractivity contribution in [3.05, 3.63) is 0 Å². The molecule has 0 saturated carbocycles. The Labute approximate surface area is 146 Å². The number of carboxylic acid groups (broad SMARTS) is 2. The van der Waals surface area contributed by atoms with E-state index in [0.717, 1.165) is 19.3 Å². The topological polar surface area (TPSA) is 74.6 Å². The number of hydrogen-bond donors (Lipinski definition) is 2. The summed E-state index contributed by atoms with van der Waals surface area (Å²) in [5.41, 5.74) is -1.62. The molecular weight excluding hydrogens is 345 g/mol. The van der Waals surface area contributed by atoms with E-state index >= 15 is 0 Å². The minimum atomic E-state index is -1.62. The van der Waals surface area contributed by atoms with Gasteiger partial charge in [-0.25, -0.2) is 0 Å². The monoisotopic (exact) mass is 370 g/mol. The molecule has 98 valence electrons. The molecule has 4 nitrogen and oxygen atoms in total. The summed E-state index contributed by atoms with van der Waals surface area (Å²) in [7, 11) is 0. The van der Waals surface area contributed by atoms with Crippen molar-refractivity contribution < 1.29 is 22.7 Å². The minimum Gasteiger partial charge on any atom is -1.00 e. The quantitative estimate of drug-likeness (QED) is 0.392. The van der Waals surface area contributed by atoms with Gasteiger partial charge in [-0.2, -0.15) is 0 Å². The Morgan fingerprint density at radius 2 is 1.59 bits per heavy atom. The van der Waals surface area contributed by atoms with E-state index in [1.807, 2.05) is 0 Å². The van der Waals surface area contributed by atoms with Gasteiger partial charge in [0.2, 0.25) is 0 Å². The van der Waals surface area contributed by atoms with Crippen LogP contribution in [0.2, 0.25) is 0 Å². The molecule has 0 aliphatic heterocycles. The van der Waals surface area contributed by atoms with Crippen LogP contribution in [0.1, 0.15) is 55.7 Å². The van der Waals surface area contributed by atoms with Crippen LogP contribution in [0.4, 0.5) is 0 Å². The van der Waals surface area contributed by atoms with Gasteiger partial charge in [0.1, 0.15) is 0 Å². The number of carboxylic acids is 2. The van der Waals surface area contributed by atoms with Crippen molar-refractivity contribution in [2.75, 3.05) is 0 Å². The van der Waals surface area contributed by atoms with E-state index in [0.29, 0.717) is 6.42 Å². The van der Waals surface area contributed by atoms with E-state index in [9.17, 15) is 9.59 Å². The van der Waals surface area contributed by atoms with E-state index in [4.69, 9.17) is 10.2 Å². The second-order valence-corrected chi connectivity index (χ2v) is 4.55. The molecule has 0 aromatic heterocycles. The van der Waals surface area contributed by atoms with Crippen molar-refractivity contribution in [1.29, 1.82) is 0 Å². The van der Waals surface area contributed by atoms with E-state index in [2.05, 4.69) is 6.92 Å². The molecule has 0 bridgehead atoms. The Kier molecular flexibility index (Phi) is 11.0. The van der Waals surface area contributed by atoms with Gasteiger partial charge in [-0.15, -0.1) is 0 Å². The maximum absolute atomic E-state index is 11.2. The van der Waals surface area contributed by atoms with Gasteiger partial charge < -0.3 is 13.1 Å². The Morgan fingerprint density at radius 1 is 1.12 bits per heavy atom. The number of carbonyl (C=O) groups is 2. The van der Waals surface area contributed by atoms with Crippen molar-refractivity contribution in [2.24, 2.45) is 11.3 Å². The van der Waals surface area contributed by atoms with Crippen molar-refractivity contribution in [3.63, 3.8) is 0 Å². The summed E-state index contributed by atoms with van der Waals surface area (Å²) in [5.74, 6) is -2.83. The molecule has 0 unspecified atom stereocenters. The molecule has 0 saturated heterocycles. The zero-order valence-corrected chi connectivity index (χ0v) is 15.5. The summed E-state index contributed by atoms with van der Waals surface area (Å²) >= 11 is 0. The molecule has 2 N–H and O–H groups in total.